The van der Waals surface area contributed by atoms with Crippen molar-refractivity contribution >= 4 is 93.9 Å². The lowest BCUT2D eigenvalue weighted by Crippen LogP contribution is -2.61. The summed E-state index contributed by atoms with van der Waals surface area (Å²) in [4.78, 5) is 190. The van der Waals surface area contributed by atoms with Gasteiger partial charge in [-0.05, 0) is 72.4 Å². The van der Waals surface area contributed by atoms with Crippen molar-refractivity contribution in [3.05, 3.63) is 102 Å². The number of carboxylic acids is 4. The minimum Gasteiger partial charge on any atom is -0.508 e. The second-order valence-electron chi connectivity index (χ2n) is 27.5. The van der Waals surface area contributed by atoms with Crippen LogP contribution < -0.4 is 59.3 Å². The standard InChI is InChI=1S/C72H102N16O20/c1-42(2)30-51(64(100)83-55(68(104)85-58(41-90)71(107)108)34-46-36-76-49-17-10-9-16-48(46)49)79-65(101)54(33-45-19-21-47(91)22-20-45)80-63(99)50(18-11-23-75-72(73)74)78-70(106)57(40-89)84-67(103)53(32-44-14-7-4-8-15-44)81-66(102)52(31-43-12-5-3-6-13-43)82-69(105)56(35-60(93)94)77-59(92)37-86-24-26-87(38-61(95)96)28-29-88(27-25-86)39-62(97)98/h4,7-10,14-17,19-22,36,42-43,50-58,76,89-91H,3,5-6,11-13,18,23-35,37-41H2,1-2H3,(H,77,92)(H,78,106)(H,79,101)(H,80,99)(H,81,102)(H,82,105)(H,83,100)(H,84,103)(H,85,104)(H,93,94)(H,95,96)(H,97,98)(H,107,108)(H4,73,74,75). The number of benzene rings is 3. The Kier molecular flexibility index (Phi) is 34.9. The Bertz CT molecular complexity index is 3710. The van der Waals surface area contributed by atoms with Gasteiger partial charge in [0.1, 0.15) is 60.1 Å². The summed E-state index contributed by atoms with van der Waals surface area (Å²) in [6.07, 6.45) is 3.33. The van der Waals surface area contributed by atoms with E-state index in [1.165, 1.54) is 24.3 Å². The number of phenolic OH excluding ortho intramolecular Hbond substituents is 1. The molecule has 0 spiro atoms. The predicted octanol–water partition coefficient (Wildman–Crippen LogP) is -3.03. The van der Waals surface area contributed by atoms with Crippen LogP contribution in [0.15, 0.2) is 90.1 Å². The molecule has 1 aliphatic heterocycles. The Hall–Kier alpha value is -10.8. The highest BCUT2D eigenvalue weighted by molar-refractivity contribution is 5.99. The van der Waals surface area contributed by atoms with Crippen molar-refractivity contribution in [1.82, 2.24) is 67.5 Å². The van der Waals surface area contributed by atoms with Gasteiger partial charge in [-0.2, -0.15) is 0 Å². The molecule has 2 aliphatic rings. The van der Waals surface area contributed by atoms with Crippen LogP contribution in [0.5, 0.6) is 5.75 Å². The fourth-order valence-electron chi connectivity index (χ4n) is 12.8. The number of carbonyl (C=O) groups is 13. The molecule has 1 aliphatic carbocycles. The van der Waals surface area contributed by atoms with E-state index in [4.69, 9.17) is 11.5 Å². The zero-order chi connectivity index (χ0) is 79.0. The van der Waals surface area contributed by atoms with Crippen LogP contribution in [-0.2, 0) is 81.6 Å². The molecule has 1 aromatic heterocycles. The van der Waals surface area contributed by atoms with Gasteiger partial charge in [-0.15, -0.1) is 0 Å². The summed E-state index contributed by atoms with van der Waals surface area (Å²) >= 11 is 0. The van der Waals surface area contributed by atoms with Gasteiger partial charge in [-0.25, -0.2) is 4.79 Å². The smallest absolute Gasteiger partial charge is 0.328 e. The molecule has 1 saturated heterocycles. The quantitative estimate of drug-likeness (QED) is 0.0119. The number of hydrogen-bond donors (Lipinski definition) is 19. The number of nitrogens with zero attached hydrogens (tertiary/aromatic N) is 4. The van der Waals surface area contributed by atoms with E-state index in [1.807, 2.05) is 0 Å². The maximum atomic E-state index is 14.9. The zero-order valence-corrected chi connectivity index (χ0v) is 60.5. The van der Waals surface area contributed by atoms with E-state index in [2.05, 4.69) is 57.8 Å². The van der Waals surface area contributed by atoms with Crippen molar-refractivity contribution < 1.29 is 98.1 Å². The van der Waals surface area contributed by atoms with Crippen LogP contribution in [-0.4, -0.2) is 271 Å². The number of carbonyl (C=O) groups excluding carboxylic acids is 9. The molecule has 108 heavy (non-hydrogen) atoms. The van der Waals surface area contributed by atoms with E-state index in [1.54, 1.807) is 89.3 Å². The molecule has 36 heteroatoms. The molecule has 2 heterocycles. The molecule has 0 radical (unpaired) electrons. The number of carboxylic acid groups (broad SMARTS) is 4. The summed E-state index contributed by atoms with van der Waals surface area (Å²) in [5.41, 5.74) is 13.3. The van der Waals surface area contributed by atoms with Gasteiger partial charge in [0.2, 0.25) is 53.2 Å². The number of H-pyrrole nitrogens is 1. The average Bonchev–Trinajstić information content (AvgIpc) is 1.73. The molecule has 9 atom stereocenters. The molecule has 2 fully saturated rings. The van der Waals surface area contributed by atoms with Crippen molar-refractivity contribution in [3.8, 4) is 5.75 Å². The molecule has 4 aromatic rings. The maximum Gasteiger partial charge on any atom is 0.328 e. The lowest BCUT2D eigenvalue weighted by atomic mass is 9.84. The van der Waals surface area contributed by atoms with Crippen LogP contribution in [0.3, 0.4) is 0 Å². The van der Waals surface area contributed by atoms with E-state index in [9.17, 15) is 98.1 Å². The number of phenols is 1. The minimum atomic E-state index is -1.87. The van der Waals surface area contributed by atoms with Gasteiger partial charge < -0.3 is 100 Å². The van der Waals surface area contributed by atoms with Crippen molar-refractivity contribution in [2.75, 3.05) is 78.7 Å². The Morgan fingerprint density at radius 1 is 0.491 bits per heavy atom. The number of hydrogen-bond acceptors (Lipinski definition) is 20. The van der Waals surface area contributed by atoms with Crippen LogP contribution in [0.1, 0.15) is 94.7 Å². The molecule has 9 unspecified atom stereocenters. The molecule has 0 bridgehead atoms. The molecule has 1 saturated carbocycles. The Balaban J connectivity index is 1.24. The number of nitrogens with one attached hydrogen (secondary N) is 10. The molecule has 9 amide bonds. The first-order chi connectivity index (χ1) is 51.5. The summed E-state index contributed by atoms with van der Waals surface area (Å²) in [5.74, 6) is -15.1. The molecule has 36 nitrogen and oxygen atoms in total. The largest absolute Gasteiger partial charge is 0.508 e. The van der Waals surface area contributed by atoms with E-state index >= 15 is 0 Å². The second kappa shape index (κ2) is 43.7. The summed E-state index contributed by atoms with van der Waals surface area (Å²) < 4.78 is 0. The van der Waals surface area contributed by atoms with Gasteiger partial charge in [0.15, 0.2) is 5.96 Å². The summed E-state index contributed by atoms with van der Waals surface area (Å²) in [6, 6.07) is 6.33. The number of aliphatic hydroxyl groups excluding tert-OH is 2. The molecule has 21 N–H and O–H groups in total. The number of fused-ring (bicyclic) bond motifs is 1. The van der Waals surface area contributed by atoms with E-state index < -0.39 is 158 Å². The Morgan fingerprint density at radius 2 is 0.935 bits per heavy atom. The third-order valence-electron chi connectivity index (χ3n) is 18.4. The van der Waals surface area contributed by atoms with Gasteiger partial charge >= 0.3 is 23.9 Å². The van der Waals surface area contributed by atoms with Gasteiger partial charge in [0.25, 0.3) is 0 Å². The Labute approximate surface area is 623 Å². The van der Waals surface area contributed by atoms with Gasteiger partial charge in [0, 0.05) is 82.2 Å². The topological polar surface area (TPSA) is 562 Å². The first-order valence-corrected chi connectivity index (χ1v) is 35.9. The van der Waals surface area contributed by atoms with Crippen molar-refractivity contribution in [2.24, 2.45) is 28.3 Å². The zero-order valence-electron chi connectivity index (χ0n) is 60.5. The maximum absolute atomic E-state index is 14.9. The first-order valence-electron chi connectivity index (χ1n) is 35.9. The monoisotopic (exact) mass is 1510 g/mol. The number of aromatic amines is 1. The van der Waals surface area contributed by atoms with Gasteiger partial charge in [-0.3, -0.25) is 77.2 Å². The van der Waals surface area contributed by atoms with Crippen LogP contribution in [0, 0.1) is 11.8 Å². The molecule has 590 valence electrons. The number of rotatable bonds is 42. The number of aliphatic carboxylic acids is 4. The number of aliphatic hydroxyl groups is 2. The highest BCUT2D eigenvalue weighted by Gasteiger charge is 2.38. The molecule has 6 rings (SSSR count). The van der Waals surface area contributed by atoms with Crippen LogP contribution in [0.4, 0.5) is 0 Å². The highest BCUT2D eigenvalue weighted by Crippen LogP contribution is 2.28. The number of nitrogens with two attached hydrogens (primary N) is 2. The Morgan fingerprint density at radius 3 is 1.46 bits per heavy atom. The minimum absolute atomic E-state index is 0.00365. The fraction of sp³-hybridized carbons (Fsp3) is 0.528. The highest BCUT2D eigenvalue weighted by atomic mass is 16.4. The number of para-hydroxylation sites is 1. The number of aromatic nitrogens is 1. The van der Waals surface area contributed by atoms with E-state index in [-0.39, 0.29) is 127 Å². The van der Waals surface area contributed by atoms with Gasteiger partial charge in [0.05, 0.1) is 39.3 Å². The van der Waals surface area contributed by atoms with Crippen molar-refractivity contribution in [3.63, 3.8) is 0 Å². The number of guanidine groups is 1. The average molecular weight is 1510 g/mol. The van der Waals surface area contributed by atoms with E-state index in [0.717, 1.165) is 19.3 Å². The van der Waals surface area contributed by atoms with Crippen molar-refractivity contribution in [2.45, 2.75) is 152 Å². The first kappa shape index (κ1) is 86.1. The number of amides is 9. The fourth-order valence-corrected chi connectivity index (χ4v) is 12.8. The number of aliphatic imine (C=N–C) groups is 1. The SMILES string of the molecule is CC(C)CC(NC(=O)C(Cc1ccc(O)cc1)NC(=O)C(CCCN=C(N)N)NC(=O)C(CO)NC(=O)C(Cc1ccccc1)NC(=O)C(CC1CCCCC1)NC(=O)C(CC(=O)O)NC(=O)CN1CCN(CC(=O)O)CCN(CC(=O)O)CC1)C(=O)NC(Cc1c[nH]c2ccccc12)C(=O)NC(CO)C(=O)O. The van der Waals surface area contributed by atoms with Crippen LogP contribution in [0.25, 0.3) is 10.9 Å². The lowest BCUT2D eigenvalue weighted by Gasteiger charge is -2.30. The third-order valence-corrected chi connectivity index (χ3v) is 18.4. The predicted molar refractivity (Wildman–Crippen MR) is 391 cm³/mol. The van der Waals surface area contributed by atoms with Crippen molar-refractivity contribution in [1.29, 1.82) is 0 Å². The number of aromatic hydroxyl groups is 1. The third kappa shape index (κ3) is 29.5. The summed E-state index contributed by atoms with van der Waals surface area (Å²) in [6.45, 7) is 1.19. The normalized spacial score (nSPS) is 16.4. The van der Waals surface area contributed by atoms with E-state index in [0.29, 0.717) is 40.4 Å². The molecular formula is C72H102N16O20. The lowest BCUT2D eigenvalue weighted by molar-refractivity contribution is -0.143. The molecular weight excluding hydrogens is 1410 g/mol. The van der Waals surface area contributed by atoms with Gasteiger partial charge in [-0.1, -0.05) is 107 Å². The summed E-state index contributed by atoms with van der Waals surface area (Å²) in [7, 11) is 0. The van der Waals surface area contributed by atoms with Crippen LogP contribution in [0.2, 0.25) is 0 Å². The van der Waals surface area contributed by atoms with Crippen LogP contribution >= 0.6 is 0 Å². The molecule has 3 aromatic carbocycles. The second-order valence-corrected chi connectivity index (χ2v) is 27.5. The summed E-state index contributed by atoms with van der Waals surface area (Å²) in [5, 5.41) is 93.4.